The summed E-state index contributed by atoms with van der Waals surface area (Å²) in [7, 11) is 0. The Kier molecular flexibility index (Phi) is 7.14. The molecule has 0 N–H and O–H groups in total. The Morgan fingerprint density at radius 3 is 1.80 bits per heavy atom. The van der Waals surface area contributed by atoms with Crippen molar-refractivity contribution in [2.45, 2.75) is 19.3 Å². The summed E-state index contributed by atoms with van der Waals surface area (Å²) < 4.78 is 2.62. The molecule has 9 aromatic carbocycles. The fourth-order valence-corrected chi connectivity index (χ4v) is 10.4. The van der Waals surface area contributed by atoms with Gasteiger partial charge in [-0.1, -0.05) is 166 Å². The van der Waals surface area contributed by atoms with Gasteiger partial charge in [-0.3, -0.25) is 0 Å². The molecule has 0 saturated heterocycles. The van der Waals surface area contributed by atoms with Gasteiger partial charge in [-0.25, -0.2) is 0 Å². The van der Waals surface area contributed by atoms with Crippen LogP contribution in [0.5, 0.6) is 0 Å². The second kappa shape index (κ2) is 12.3. The number of benzene rings is 9. The van der Waals surface area contributed by atoms with Crippen molar-refractivity contribution in [1.29, 1.82) is 0 Å². The Bertz CT molecular complexity index is 3110. The van der Waals surface area contributed by atoms with Crippen molar-refractivity contribution < 1.29 is 0 Å². The Morgan fingerprint density at radius 1 is 0.400 bits per heavy atom. The quantitative estimate of drug-likeness (QED) is 0.171. The molecule has 1 aliphatic rings. The molecule has 55 heavy (non-hydrogen) atoms. The smallest absolute Gasteiger partial charge is 0.0640 e. The highest BCUT2D eigenvalue weighted by Crippen LogP contribution is 2.52. The van der Waals surface area contributed by atoms with Crippen LogP contribution >= 0.6 is 11.3 Å². The number of hydrogen-bond donors (Lipinski definition) is 0. The fraction of sp³-hybridized carbons (Fsp3) is 0.0566. The largest absolute Gasteiger partial charge is 0.309 e. The van der Waals surface area contributed by atoms with Crippen LogP contribution in [0.25, 0.3) is 75.1 Å². The molecule has 0 saturated carbocycles. The lowest BCUT2D eigenvalue weighted by Crippen LogP contribution is -2.14. The third-order valence-corrected chi connectivity index (χ3v) is 13.1. The molecule has 2 heteroatoms. The number of fused-ring (bicyclic) bond motifs is 9. The standard InChI is InChI=1S/C53H37NS/c1-53(2)47-18-8-7-15-46(47)50-42(16-9-19-48(50)53)37-25-30-41(31-26-37)54(40-28-23-35(24-29-40)39-22-21-34-11-3-4-13-38(34)33-39)49-20-10-17-44-45-32-27-36-12-5-6-14-43(36)51(45)55-52(44)49/h3-33H,1-2H3. The van der Waals surface area contributed by atoms with Crippen molar-refractivity contribution in [2.24, 2.45) is 0 Å². The van der Waals surface area contributed by atoms with E-state index in [0.717, 1.165) is 11.4 Å². The first kappa shape index (κ1) is 32.0. The Morgan fingerprint density at radius 2 is 0.982 bits per heavy atom. The average molecular weight is 720 g/mol. The molecule has 0 fully saturated rings. The highest BCUT2D eigenvalue weighted by molar-refractivity contribution is 7.27. The van der Waals surface area contributed by atoms with E-state index in [1.165, 1.54) is 91.9 Å². The van der Waals surface area contributed by atoms with Gasteiger partial charge >= 0.3 is 0 Å². The van der Waals surface area contributed by atoms with Crippen molar-refractivity contribution in [3.05, 3.63) is 199 Å². The highest BCUT2D eigenvalue weighted by Gasteiger charge is 2.36. The summed E-state index contributed by atoms with van der Waals surface area (Å²) >= 11 is 1.90. The van der Waals surface area contributed by atoms with Crippen LogP contribution < -0.4 is 4.90 Å². The topological polar surface area (TPSA) is 3.24 Å². The van der Waals surface area contributed by atoms with Crippen molar-refractivity contribution in [2.75, 3.05) is 4.90 Å². The zero-order chi connectivity index (χ0) is 36.7. The Balaban J connectivity index is 1.07. The average Bonchev–Trinajstić information content (AvgIpc) is 3.74. The number of nitrogens with zero attached hydrogens (tertiary/aromatic N) is 1. The lowest BCUT2D eigenvalue weighted by Gasteiger charge is -2.26. The van der Waals surface area contributed by atoms with Crippen LogP contribution in [0.2, 0.25) is 0 Å². The number of hydrogen-bond acceptors (Lipinski definition) is 2. The predicted octanol–water partition coefficient (Wildman–Crippen LogP) is 15.5. The van der Waals surface area contributed by atoms with Crippen LogP contribution in [0.15, 0.2) is 188 Å². The Labute approximate surface area is 325 Å². The monoisotopic (exact) mass is 719 g/mol. The van der Waals surface area contributed by atoms with E-state index in [2.05, 4.69) is 207 Å². The van der Waals surface area contributed by atoms with Gasteiger partial charge in [0.25, 0.3) is 0 Å². The van der Waals surface area contributed by atoms with Gasteiger partial charge in [0.05, 0.1) is 10.4 Å². The molecule has 0 atom stereocenters. The minimum absolute atomic E-state index is 0.0358. The van der Waals surface area contributed by atoms with Gasteiger partial charge in [0.1, 0.15) is 0 Å². The van der Waals surface area contributed by atoms with Crippen molar-refractivity contribution in [1.82, 2.24) is 0 Å². The zero-order valence-electron chi connectivity index (χ0n) is 30.8. The zero-order valence-corrected chi connectivity index (χ0v) is 31.6. The van der Waals surface area contributed by atoms with Crippen LogP contribution in [0, 0.1) is 0 Å². The summed E-state index contributed by atoms with van der Waals surface area (Å²) in [6.45, 7) is 4.70. The first-order valence-corrected chi connectivity index (χ1v) is 19.9. The van der Waals surface area contributed by atoms with Crippen LogP contribution in [0.4, 0.5) is 17.1 Å². The molecule has 260 valence electrons. The molecular weight excluding hydrogens is 683 g/mol. The molecule has 1 aliphatic carbocycles. The maximum Gasteiger partial charge on any atom is 0.0640 e. The minimum atomic E-state index is -0.0358. The summed E-state index contributed by atoms with van der Waals surface area (Å²) in [6, 6.07) is 69.5. The third kappa shape index (κ3) is 4.99. The van der Waals surface area contributed by atoms with E-state index in [4.69, 9.17) is 0 Å². The molecule has 0 bridgehead atoms. The maximum atomic E-state index is 2.45. The molecule has 0 radical (unpaired) electrons. The molecule has 11 rings (SSSR count). The van der Waals surface area contributed by atoms with Crippen LogP contribution in [0.1, 0.15) is 25.0 Å². The molecule has 1 nitrogen and oxygen atoms in total. The lowest BCUT2D eigenvalue weighted by atomic mass is 9.82. The van der Waals surface area contributed by atoms with Crippen LogP contribution in [-0.2, 0) is 5.41 Å². The van der Waals surface area contributed by atoms with E-state index in [-0.39, 0.29) is 5.41 Å². The molecule has 1 aromatic heterocycles. The first-order valence-electron chi connectivity index (χ1n) is 19.1. The number of anilines is 3. The molecule has 0 unspecified atom stereocenters. The maximum absolute atomic E-state index is 2.45. The van der Waals surface area contributed by atoms with Gasteiger partial charge in [0, 0.05) is 32.3 Å². The van der Waals surface area contributed by atoms with E-state index in [0.29, 0.717) is 0 Å². The van der Waals surface area contributed by atoms with E-state index in [1.807, 2.05) is 11.3 Å². The number of thiophene rings is 1. The highest BCUT2D eigenvalue weighted by atomic mass is 32.1. The van der Waals surface area contributed by atoms with E-state index in [1.54, 1.807) is 0 Å². The molecule has 0 amide bonds. The van der Waals surface area contributed by atoms with Crippen molar-refractivity contribution in [3.63, 3.8) is 0 Å². The SMILES string of the molecule is CC1(C)c2ccccc2-c2c(-c3ccc(N(c4ccc(-c5ccc6ccccc6c5)cc4)c4cccc5c4sc4c6ccccc6ccc54)cc3)cccc21. The van der Waals surface area contributed by atoms with E-state index in [9.17, 15) is 0 Å². The van der Waals surface area contributed by atoms with Gasteiger partial charge in [0.15, 0.2) is 0 Å². The summed E-state index contributed by atoms with van der Waals surface area (Å²) in [5, 5.41) is 7.70. The van der Waals surface area contributed by atoms with Gasteiger partial charge in [-0.05, 0) is 102 Å². The molecule has 0 spiro atoms. The Hall–Kier alpha value is -6.48. The molecular formula is C53H37NS. The number of rotatable bonds is 5. The van der Waals surface area contributed by atoms with Gasteiger partial charge in [-0.2, -0.15) is 0 Å². The van der Waals surface area contributed by atoms with Crippen molar-refractivity contribution in [3.8, 4) is 33.4 Å². The first-order chi connectivity index (χ1) is 27.0. The second-order valence-corrected chi connectivity index (χ2v) is 16.3. The molecule has 1 heterocycles. The minimum Gasteiger partial charge on any atom is -0.309 e. The van der Waals surface area contributed by atoms with Crippen molar-refractivity contribution >= 4 is 70.1 Å². The fourth-order valence-electron chi connectivity index (χ4n) is 9.07. The van der Waals surface area contributed by atoms with Gasteiger partial charge in [0.2, 0.25) is 0 Å². The van der Waals surface area contributed by atoms with Gasteiger partial charge in [-0.15, -0.1) is 11.3 Å². The predicted molar refractivity (Wildman–Crippen MR) is 237 cm³/mol. The van der Waals surface area contributed by atoms with E-state index >= 15 is 0 Å². The lowest BCUT2D eigenvalue weighted by molar-refractivity contribution is 0.660. The van der Waals surface area contributed by atoms with Crippen LogP contribution in [-0.4, -0.2) is 0 Å². The normalized spacial score (nSPS) is 13.1. The van der Waals surface area contributed by atoms with Crippen LogP contribution in [0.3, 0.4) is 0 Å². The summed E-state index contributed by atoms with van der Waals surface area (Å²) in [6.07, 6.45) is 0. The summed E-state index contributed by atoms with van der Waals surface area (Å²) in [5.41, 5.74) is 13.9. The summed E-state index contributed by atoms with van der Waals surface area (Å²) in [4.78, 5) is 2.45. The van der Waals surface area contributed by atoms with E-state index < -0.39 is 0 Å². The third-order valence-electron chi connectivity index (χ3n) is 11.9. The molecule has 10 aromatic rings. The second-order valence-electron chi connectivity index (χ2n) is 15.3. The van der Waals surface area contributed by atoms with Gasteiger partial charge < -0.3 is 4.90 Å². The summed E-state index contributed by atoms with van der Waals surface area (Å²) in [5.74, 6) is 0. The molecule has 0 aliphatic heterocycles.